The highest BCUT2D eigenvalue weighted by Gasteiger charge is 2.34. The Morgan fingerprint density at radius 1 is 1.25 bits per heavy atom. The largest absolute Gasteiger partial charge is 0.497 e. The number of amides is 1. The second-order valence-corrected chi connectivity index (χ2v) is 7.78. The van der Waals surface area contributed by atoms with E-state index < -0.39 is 0 Å². The second kappa shape index (κ2) is 7.26. The van der Waals surface area contributed by atoms with E-state index in [1.54, 1.807) is 13.3 Å². The predicted molar refractivity (Wildman–Crippen MR) is 109 cm³/mol. The Hall–Kier alpha value is -2.89. The van der Waals surface area contributed by atoms with Gasteiger partial charge < -0.3 is 10.1 Å². The molecule has 0 spiro atoms. The first-order chi connectivity index (χ1) is 13.5. The Labute approximate surface area is 164 Å². The summed E-state index contributed by atoms with van der Waals surface area (Å²) in [4.78, 5) is 17.8. The van der Waals surface area contributed by atoms with Crippen LogP contribution in [0.4, 0.5) is 0 Å². The van der Waals surface area contributed by atoms with Gasteiger partial charge in [0.15, 0.2) is 5.65 Å². The van der Waals surface area contributed by atoms with Gasteiger partial charge in [0.2, 0.25) is 0 Å². The quantitative estimate of drug-likeness (QED) is 0.698. The number of nitrogens with one attached hydrogen (secondary N) is 1. The highest BCUT2D eigenvalue weighted by atomic mass is 16.5. The SMILES string of the molecule is COc1ccc(C(NC(=O)c2cc3cnn(C(C)C)c3nc2C)C2CC2)cc1. The molecule has 28 heavy (non-hydrogen) atoms. The summed E-state index contributed by atoms with van der Waals surface area (Å²) in [5.74, 6) is 1.22. The Morgan fingerprint density at radius 3 is 2.57 bits per heavy atom. The van der Waals surface area contributed by atoms with E-state index in [2.05, 4.69) is 29.2 Å². The van der Waals surface area contributed by atoms with E-state index in [0.717, 1.165) is 40.9 Å². The van der Waals surface area contributed by atoms with Gasteiger partial charge in [0.1, 0.15) is 5.75 Å². The molecule has 1 aliphatic carbocycles. The molecule has 0 bridgehead atoms. The third-order valence-corrected chi connectivity index (χ3v) is 5.35. The van der Waals surface area contributed by atoms with Crippen molar-refractivity contribution in [3.05, 3.63) is 53.3 Å². The number of rotatable bonds is 6. The van der Waals surface area contributed by atoms with Crippen LogP contribution in [0.1, 0.15) is 60.4 Å². The minimum absolute atomic E-state index is 0.00638. The highest BCUT2D eigenvalue weighted by molar-refractivity contribution is 5.98. The first-order valence-corrected chi connectivity index (χ1v) is 9.77. The summed E-state index contributed by atoms with van der Waals surface area (Å²) in [7, 11) is 1.66. The molecule has 2 heterocycles. The third kappa shape index (κ3) is 3.46. The summed E-state index contributed by atoms with van der Waals surface area (Å²) in [5.41, 5.74) is 3.25. The van der Waals surface area contributed by atoms with E-state index in [-0.39, 0.29) is 18.0 Å². The van der Waals surface area contributed by atoms with Crippen LogP contribution < -0.4 is 10.1 Å². The molecule has 1 unspecified atom stereocenters. The molecule has 1 atom stereocenters. The summed E-state index contributed by atoms with van der Waals surface area (Å²) in [6.07, 6.45) is 4.04. The Bertz CT molecular complexity index is 1000. The lowest BCUT2D eigenvalue weighted by Gasteiger charge is -2.20. The van der Waals surface area contributed by atoms with Crippen molar-refractivity contribution < 1.29 is 9.53 Å². The molecule has 1 aromatic carbocycles. The first kappa shape index (κ1) is 18.5. The van der Waals surface area contributed by atoms with Crippen LogP contribution in [-0.2, 0) is 0 Å². The number of ether oxygens (including phenoxy) is 1. The number of fused-ring (bicyclic) bond motifs is 1. The molecule has 0 radical (unpaired) electrons. The molecule has 1 N–H and O–H groups in total. The maximum atomic E-state index is 13.1. The number of benzene rings is 1. The van der Waals surface area contributed by atoms with E-state index in [9.17, 15) is 4.79 Å². The Balaban J connectivity index is 1.61. The number of carbonyl (C=O) groups excluding carboxylic acids is 1. The van der Waals surface area contributed by atoms with Crippen molar-refractivity contribution in [2.75, 3.05) is 7.11 Å². The predicted octanol–water partition coefficient (Wildman–Crippen LogP) is 4.21. The van der Waals surface area contributed by atoms with Crippen LogP contribution in [0.2, 0.25) is 0 Å². The Morgan fingerprint density at radius 2 is 1.96 bits per heavy atom. The van der Waals surface area contributed by atoms with Gasteiger partial charge in [-0.3, -0.25) is 4.79 Å². The number of aryl methyl sites for hydroxylation is 1. The van der Waals surface area contributed by atoms with Crippen LogP contribution in [0.25, 0.3) is 11.0 Å². The molecule has 1 fully saturated rings. The molecule has 0 saturated heterocycles. The molecular formula is C22H26N4O2. The third-order valence-electron chi connectivity index (χ3n) is 5.35. The lowest BCUT2D eigenvalue weighted by molar-refractivity contribution is 0.0931. The molecule has 1 amide bonds. The maximum absolute atomic E-state index is 13.1. The fourth-order valence-corrected chi connectivity index (χ4v) is 3.61. The summed E-state index contributed by atoms with van der Waals surface area (Å²) in [6.45, 7) is 6.02. The normalized spacial score (nSPS) is 15.0. The number of methoxy groups -OCH3 is 1. The van der Waals surface area contributed by atoms with Crippen molar-refractivity contribution >= 4 is 16.9 Å². The Kier molecular flexibility index (Phi) is 4.79. The average Bonchev–Trinajstić information content (AvgIpc) is 3.44. The van der Waals surface area contributed by atoms with Gasteiger partial charge in [0, 0.05) is 11.4 Å². The molecule has 2 aromatic heterocycles. The van der Waals surface area contributed by atoms with Crippen LogP contribution in [0.5, 0.6) is 5.75 Å². The number of carbonyl (C=O) groups is 1. The molecule has 4 rings (SSSR count). The van der Waals surface area contributed by atoms with Crippen molar-refractivity contribution in [3.8, 4) is 5.75 Å². The van der Waals surface area contributed by atoms with Crippen molar-refractivity contribution in [2.45, 2.75) is 45.7 Å². The van der Waals surface area contributed by atoms with Crippen LogP contribution in [0.15, 0.2) is 36.5 Å². The van der Waals surface area contributed by atoms with Gasteiger partial charge >= 0.3 is 0 Å². The molecule has 146 valence electrons. The smallest absolute Gasteiger partial charge is 0.253 e. The van der Waals surface area contributed by atoms with Gasteiger partial charge in [-0.25, -0.2) is 9.67 Å². The molecule has 1 aliphatic rings. The lowest BCUT2D eigenvalue weighted by atomic mass is 10.0. The molecule has 6 nitrogen and oxygen atoms in total. The average molecular weight is 378 g/mol. The standard InChI is InChI=1S/C22H26N4O2/c1-13(2)26-21-17(12-23-26)11-19(14(3)24-21)22(27)25-20(15-5-6-15)16-7-9-18(28-4)10-8-16/h7-13,15,20H,5-6H2,1-4H3,(H,25,27). The van der Waals surface area contributed by atoms with E-state index in [4.69, 9.17) is 4.74 Å². The minimum Gasteiger partial charge on any atom is -0.497 e. The summed E-state index contributed by atoms with van der Waals surface area (Å²) >= 11 is 0. The van der Waals surface area contributed by atoms with Crippen LogP contribution in [-0.4, -0.2) is 27.8 Å². The summed E-state index contributed by atoms with van der Waals surface area (Å²) in [5, 5.41) is 8.53. The number of pyridine rings is 1. The lowest BCUT2D eigenvalue weighted by Crippen LogP contribution is -2.30. The van der Waals surface area contributed by atoms with Crippen molar-refractivity contribution in [3.63, 3.8) is 0 Å². The summed E-state index contributed by atoms with van der Waals surface area (Å²) in [6, 6.07) is 10.1. The van der Waals surface area contributed by atoms with E-state index in [1.807, 2.05) is 41.9 Å². The van der Waals surface area contributed by atoms with Gasteiger partial charge in [-0.05, 0) is 63.3 Å². The minimum atomic E-state index is -0.0862. The van der Waals surface area contributed by atoms with Crippen LogP contribution in [0.3, 0.4) is 0 Å². The first-order valence-electron chi connectivity index (χ1n) is 9.77. The van der Waals surface area contributed by atoms with Gasteiger partial charge in [0.05, 0.1) is 30.6 Å². The van der Waals surface area contributed by atoms with Gasteiger partial charge in [-0.15, -0.1) is 0 Å². The van der Waals surface area contributed by atoms with E-state index in [0.29, 0.717) is 11.5 Å². The van der Waals surface area contributed by atoms with E-state index >= 15 is 0 Å². The van der Waals surface area contributed by atoms with E-state index in [1.165, 1.54) is 0 Å². The fraction of sp³-hybridized carbons (Fsp3) is 0.409. The summed E-state index contributed by atoms with van der Waals surface area (Å²) < 4.78 is 7.13. The molecular weight excluding hydrogens is 352 g/mol. The number of aromatic nitrogens is 3. The second-order valence-electron chi connectivity index (χ2n) is 7.78. The fourth-order valence-electron chi connectivity index (χ4n) is 3.61. The molecule has 3 aromatic rings. The molecule has 1 saturated carbocycles. The van der Waals surface area contributed by atoms with Crippen molar-refractivity contribution in [1.82, 2.24) is 20.1 Å². The van der Waals surface area contributed by atoms with Crippen molar-refractivity contribution in [2.24, 2.45) is 5.92 Å². The number of hydrogen-bond donors (Lipinski definition) is 1. The number of hydrogen-bond acceptors (Lipinski definition) is 4. The number of nitrogens with zero attached hydrogens (tertiary/aromatic N) is 3. The van der Waals surface area contributed by atoms with Crippen molar-refractivity contribution in [1.29, 1.82) is 0 Å². The van der Waals surface area contributed by atoms with Gasteiger partial charge in [-0.2, -0.15) is 5.10 Å². The zero-order valence-corrected chi connectivity index (χ0v) is 16.8. The zero-order chi connectivity index (χ0) is 19.8. The molecule has 0 aliphatic heterocycles. The molecule has 6 heteroatoms. The highest BCUT2D eigenvalue weighted by Crippen LogP contribution is 2.41. The van der Waals surface area contributed by atoms with Crippen LogP contribution >= 0.6 is 0 Å². The van der Waals surface area contributed by atoms with Crippen LogP contribution in [0, 0.1) is 12.8 Å². The topological polar surface area (TPSA) is 69.0 Å². The van der Waals surface area contributed by atoms with Gasteiger partial charge in [0.25, 0.3) is 5.91 Å². The zero-order valence-electron chi connectivity index (χ0n) is 16.8. The maximum Gasteiger partial charge on any atom is 0.253 e. The van der Waals surface area contributed by atoms with Gasteiger partial charge in [-0.1, -0.05) is 12.1 Å². The monoisotopic (exact) mass is 378 g/mol.